The van der Waals surface area contributed by atoms with Crippen molar-refractivity contribution < 1.29 is 0 Å². The molecule has 1 aromatic rings. The quantitative estimate of drug-likeness (QED) is 0.777. The minimum atomic E-state index is -0.0941. The fourth-order valence-corrected chi connectivity index (χ4v) is 2.39. The first-order valence-electron chi connectivity index (χ1n) is 6.30. The minimum absolute atomic E-state index is 0.0941. The van der Waals surface area contributed by atoms with Crippen molar-refractivity contribution in [2.24, 2.45) is 5.41 Å². The van der Waals surface area contributed by atoms with E-state index in [1.807, 2.05) is 0 Å². The second-order valence-electron chi connectivity index (χ2n) is 5.44. The summed E-state index contributed by atoms with van der Waals surface area (Å²) in [4.78, 5) is 2.45. The summed E-state index contributed by atoms with van der Waals surface area (Å²) in [6.45, 7) is 7.31. The van der Waals surface area contributed by atoms with Crippen molar-refractivity contribution >= 4 is 0 Å². The third kappa shape index (κ3) is 3.08. The van der Waals surface area contributed by atoms with E-state index in [0.29, 0.717) is 0 Å². The van der Waals surface area contributed by atoms with Gasteiger partial charge in [0.2, 0.25) is 0 Å². The van der Waals surface area contributed by atoms with Gasteiger partial charge in [0.25, 0.3) is 0 Å². The van der Waals surface area contributed by atoms with Crippen molar-refractivity contribution in [2.75, 3.05) is 13.1 Å². The molecule has 0 aromatic heterocycles. The monoisotopic (exact) mass is 228 g/mol. The Kier molecular flexibility index (Phi) is 3.49. The van der Waals surface area contributed by atoms with Gasteiger partial charge in [-0.15, -0.1) is 0 Å². The molecule has 0 radical (unpaired) electrons. The summed E-state index contributed by atoms with van der Waals surface area (Å²) in [5.74, 6) is 0. The molecule has 2 heteroatoms. The summed E-state index contributed by atoms with van der Waals surface area (Å²) in [5.41, 5.74) is 2.61. The number of rotatable bonds is 2. The fraction of sp³-hybridized carbons (Fsp3) is 0.533. The van der Waals surface area contributed by atoms with Gasteiger partial charge < -0.3 is 0 Å². The summed E-state index contributed by atoms with van der Waals surface area (Å²) >= 11 is 0. The number of aryl methyl sites for hydroxylation is 1. The molecule has 90 valence electrons. The molecule has 0 saturated carbocycles. The van der Waals surface area contributed by atoms with E-state index < -0.39 is 0 Å². The smallest absolute Gasteiger partial charge is 0.0687 e. The van der Waals surface area contributed by atoms with Crippen LogP contribution in [0.3, 0.4) is 0 Å². The van der Waals surface area contributed by atoms with Gasteiger partial charge in [-0.1, -0.05) is 29.8 Å². The number of likely N-dealkylation sites (tertiary alicyclic amines) is 1. The molecule has 2 nitrogen and oxygen atoms in total. The highest BCUT2D eigenvalue weighted by atomic mass is 15.1. The Balaban J connectivity index is 1.93. The Labute approximate surface area is 104 Å². The lowest BCUT2D eigenvalue weighted by Gasteiger charge is -2.34. The van der Waals surface area contributed by atoms with Crippen LogP contribution in [0.15, 0.2) is 24.3 Å². The first-order valence-corrected chi connectivity index (χ1v) is 6.30. The molecule has 0 unspecified atom stereocenters. The topological polar surface area (TPSA) is 27.0 Å². The van der Waals surface area contributed by atoms with Gasteiger partial charge in [0.15, 0.2) is 0 Å². The molecule has 1 aromatic carbocycles. The lowest BCUT2D eigenvalue weighted by atomic mass is 9.82. The molecule has 1 fully saturated rings. The van der Waals surface area contributed by atoms with E-state index in [9.17, 15) is 0 Å². The van der Waals surface area contributed by atoms with Crippen LogP contribution in [0.4, 0.5) is 0 Å². The van der Waals surface area contributed by atoms with Gasteiger partial charge in [-0.25, -0.2) is 0 Å². The van der Waals surface area contributed by atoms with E-state index in [1.54, 1.807) is 0 Å². The lowest BCUT2D eigenvalue weighted by molar-refractivity contribution is 0.150. The molecule has 0 N–H and O–H groups in total. The fourth-order valence-electron chi connectivity index (χ4n) is 2.39. The molecule has 0 aliphatic carbocycles. The Morgan fingerprint density at radius 2 is 2.06 bits per heavy atom. The number of benzene rings is 1. The van der Waals surface area contributed by atoms with E-state index in [2.05, 4.69) is 49.1 Å². The molecule has 1 heterocycles. The van der Waals surface area contributed by atoms with Crippen LogP contribution in [-0.4, -0.2) is 18.0 Å². The van der Waals surface area contributed by atoms with E-state index in [0.717, 1.165) is 32.5 Å². The maximum absolute atomic E-state index is 9.09. The highest BCUT2D eigenvalue weighted by Crippen LogP contribution is 2.30. The van der Waals surface area contributed by atoms with Crippen LogP contribution in [0, 0.1) is 23.7 Å². The Bertz CT molecular complexity index is 423. The van der Waals surface area contributed by atoms with Gasteiger partial charge in [-0.05, 0) is 45.3 Å². The number of hydrogen-bond acceptors (Lipinski definition) is 2. The molecule has 0 atom stereocenters. The van der Waals surface area contributed by atoms with E-state index in [4.69, 9.17) is 5.26 Å². The van der Waals surface area contributed by atoms with Crippen LogP contribution < -0.4 is 0 Å². The predicted octanol–water partition coefficient (Wildman–Crippen LogP) is 3.12. The van der Waals surface area contributed by atoms with Crippen LogP contribution in [0.2, 0.25) is 0 Å². The molecule has 0 spiro atoms. The van der Waals surface area contributed by atoms with Gasteiger partial charge in [-0.3, -0.25) is 4.90 Å². The average Bonchev–Trinajstić information content (AvgIpc) is 2.33. The summed E-state index contributed by atoms with van der Waals surface area (Å²) in [5, 5.41) is 9.09. The van der Waals surface area contributed by atoms with Crippen LogP contribution >= 0.6 is 0 Å². The van der Waals surface area contributed by atoms with E-state index in [-0.39, 0.29) is 5.41 Å². The minimum Gasteiger partial charge on any atom is -0.299 e. The van der Waals surface area contributed by atoms with Crippen LogP contribution in [0.1, 0.15) is 30.9 Å². The molecule has 17 heavy (non-hydrogen) atoms. The SMILES string of the molecule is Cc1cccc(CN2CCC(C)(C#N)CC2)c1. The van der Waals surface area contributed by atoms with E-state index in [1.165, 1.54) is 11.1 Å². The van der Waals surface area contributed by atoms with Gasteiger partial charge >= 0.3 is 0 Å². The molecular weight excluding hydrogens is 208 g/mol. The standard InChI is InChI=1S/C15H20N2/c1-13-4-3-5-14(10-13)11-17-8-6-15(2,12-16)7-9-17/h3-5,10H,6-9,11H2,1-2H3. The van der Waals surface area contributed by atoms with Crippen molar-refractivity contribution in [2.45, 2.75) is 33.2 Å². The summed E-state index contributed by atoms with van der Waals surface area (Å²) < 4.78 is 0. The highest BCUT2D eigenvalue weighted by Gasteiger charge is 2.29. The van der Waals surface area contributed by atoms with E-state index >= 15 is 0 Å². The van der Waals surface area contributed by atoms with Crippen LogP contribution in [0.25, 0.3) is 0 Å². The third-order valence-corrected chi connectivity index (χ3v) is 3.72. The Morgan fingerprint density at radius 1 is 1.35 bits per heavy atom. The van der Waals surface area contributed by atoms with Crippen molar-refractivity contribution in [3.05, 3.63) is 35.4 Å². The highest BCUT2D eigenvalue weighted by molar-refractivity contribution is 5.22. The average molecular weight is 228 g/mol. The van der Waals surface area contributed by atoms with Crippen LogP contribution in [0.5, 0.6) is 0 Å². The summed E-state index contributed by atoms with van der Waals surface area (Å²) in [6, 6.07) is 11.1. The first-order chi connectivity index (χ1) is 8.11. The maximum atomic E-state index is 9.09. The second-order valence-corrected chi connectivity index (χ2v) is 5.44. The number of hydrogen-bond donors (Lipinski definition) is 0. The van der Waals surface area contributed by atoms with Crippen molar-refractivity contribution in [3.63, 3.8) is 0 Å². The number of nitriles is 1. The zero-order valence-corrected chi connectivity index (χ0v) is 10.7. The number of nitrogens with zero attached hydrogens (tertiary/aromatic N) is 2. The van der Waals surface area contributed by atoms with Gasteiger partial charge in [0.05, 0.1) is 11.5 Å². The lowest BCUT2D eigenvalue weighted by Crippen LogP contribution is -2.37. The molecule has 2 rings (SSSR count). The Hall–Kier alpha value is -1.33. The maximum Gasteiger partial charge on any atom is 0.0687 e. The molecular formula is C15H20N2. The van der Waals surface area contributed by atoms with Gasteiger partial charge in [0, 0.05) is 6.54 Å². The molecule has 1 aliphatic heterocycles. The summed E-state index contributed by atoms with van der Waals surface area (Å²) in [6.07, 6.45) is 1.99. The molecule has 1 saturated heterocycles. The first kappa shape index (κ1) is 12.1. The summed E-state index contributed by atoms with van der Waals surface area (Å²) in [7, 11) is 0. The van der Waals surface area contributed by atoms with Crippen LogP contribution in [-0.2, 0) is 6.54 Å². The number of piperidine rings is 1. The van der Waals surface area contributed by atoms with Gasteiger partial charge in [-0.2, -0.15) is 5.26 Å². The second kappa shape index (κ2) is 4.89. The normalized spacial score (nSPS) is 19.8. The van der Waals surface area contributed by atoms with Crippen molar-refractivity contribution in [1.29, 1.82) is 5.26 Å². The molecule has 0 bridgehead atoms. The molecule has 0 amide bonds. The predicted molar refractivity (Wildman–Crippen MR) is 69.4 cm³/mol. The zero-order valence-electron chi connectivity index (χ0n) is 10.7. The molecule has 1 aliphatic rings. The van der Waals surface area contributed by atoms with Gasteiger partial charge in [0.1, 0.15) is 0 Å². The van der Waals surface area contributed by atoms with Crippen molar-refractivity contribution in [1.82, 2.24) is 4.90 Å². The zero-order chi connectivity index (χ0) is 12.3. The largest absolute Gasteiger partial charge is 0.299 e. The third-order valence-electron chi connectivity index (χ3n) is 3.72. The van der Waals surface area contributed by atoms with Crippen molar-refractivity contribution in [3.8, 4) is 6.07 Å². The Morgan fingerprint density at radius 3 is 2.65 bits per heavy atom.